The largest absolute Gasteiger partial charge is 0.434 e. The predicted molar refractivity (Wildman–Crippen MR) is 109 cm³/mol. The molecule has 6 nitrogen and oxygen atoms in total. The van der Waals surface area contributed by atoms with Gasteiger partial charge < -0.3 is 10.6 Å². The molecule has 0 saturated carbocycles. The van der Waals surface area contributed by atoms with Crippen molar-refractivity contribution < 1.29 is 21.6 Å². The van der Waals surface area contributed by atoms with Gasteiger partial charge in [0, 0.05) is 19.0 Å². The molecule has 2 N–H and O–H groups in total. The highest BCUT2D eigenvalue weighted by molar-refractivity contribution is 14.0. The minimum Gasteiger partial charge on any atom is -0.355 e. The summed E-state index contributed by atoms with van der Waals surface area (Å²) in [5.41, 5.74) is -0.934. The van der Waals surface area contributed by atoms with E-state index in [0.717, 1.165) is 16.7 Å². The van der Waals surface area contributed by atoms with Crippen molar-refractivity contribution in [3.63, 3.8) is 0 Å². The van der Waals surface area contributed by atoms with Crippen molar-refractivity contribution >= 4 is 51.1 Å². The van der Waals surface area contributed by atoms with E-state index in [1.54, 1.807) is 18.2 Å². The first kappa shape index (κ1) is 23.6. The van der Waals surface area contributed by atoms with Crippen LogP contribution in [0.3, 0.4) is 0 Å². The van der Waals surface area contributed by atoms with Crippen molar-refractivity contribution in [1.82, 2.24) is 15.6 Å². The Hall–Kier alpha value is -1.41. The molecular formula is C15H18F3IN4O2S2. The molecule has 27 heavy (non-hydrogen) atoms. The molecule has 1 aromatic heterocycles. The van der Waals surface area contributed by atoms with Gasteiger partial charge in [-0.2, -0.15) is 13.2 Å². The molecule has 0 aliphatic carbocycles. The monoisotopic (exact) mass is 534 g/mol. The fourth-order valence-corrected chi connectivity index (χ4v) is 3.87. The highest BCUT2D eigenvalue weighted by Crippen LogP contribution is 2.29. The van der Waals surface area contributed by atoms with Crippen LogP contribution < -0.4 is 10.6 Å². The second kappa shape index (κ2) is 10.2. The molecule has 2 rings (SSSR count). The Morgan fingerprint density at radius 3 is 2.44 bits per heavy atom. The van der Waals surface area contributed by atoms with Crippen LogP contribution in [-0.2, 0) is 22.6 Å². The maximum Gasteiger partial charge on any atom is 0.434 e. The second-order valence-electron chi connectivity index (χ2n) is 5.11. The van der Waals surface area contributed by atoms with Crippen molar-refractivity contribution in [3.8, 4) is 0 Å². The molecule has 0 amide bonds. The van der Waals surface area contributed by atoms with Crippen LogP contribution in [0.4, 0.5) is 13.2 Å². The van der Waals surface area contributed by atoms with E-state index in [1.807, 2.05) is 0 Å². The van der Waals surface area contributed by atoms with Crippen molar-refractivity contribution in [2.45, 2.75) is 17.6 Å². The van der Waals surface area contributed by atoms with Crippen LogP contribution in [0.1, 0.15) is 10.7 Å². The number of nitrogens with one attached hydrogen (secondary N) is 2. The van der Waals surface area contributed by atoms with Gasteiger partial charge >= 0.3 is 6.18 Å². The molecule has 0 radical (unpaired) electrons. The summed E-state index contributed by atoms with van der Waals surface area (Å²) in [5, 5.41) is 6.81. The zero-order valence-corrected chi connectivity index (χ0v) is 18.1. The van der Waals surface area contributed by atoms with E-state index in [2.05, 4.69) is 20.6 Å². The van der Waals surface area contributed by atoms with Crippen LogP contribution in [0.2, 0.25) is 0 Å². The Labute approximate surface area is 176 Å². The first-order chi connectivity index (χ1) is 12.2. The van der Waals surface area contributed by atoms with E-state index in [0.29, 0.717) is 0 Å². The van der Waals surface area contributed by atoms with Crippen LogP contribution in [0.15, 0.2) is 45.6 Å². The third-order valence-electron chi connectivity index (χ3n) is 3.24. The number of alkyl halides is 3. The van der Waals surface area contributed by atoms with Crippen LogP contribution in [0, 0.1) is 0 Å². The highest BCUT2D eigenvalue weighted by Gasteiger charge is 2.33. The standard InChI is InChI=1S/C15H17F3N4O2S2.HI/c1-19-14(21-9-13-22-12(10-25-13)15(16,17)18)20-7-8-26(23,24)11-5-3-2-4-6-11;/h2-6,10H,7-9H2,1H3,(H2,19,20,21);1H. The Morgan fingerprint density at radius 1 is 1.22 bits per heavy atom. The average molecular weight is 534 g/mol. The van der Waals surface area contributed by atoms with Crippen molar-refractivity contribution in [3.05, 3.63) is 46.4 Å². The molecule has 150 valence electrons. The molecule has 0 bridgehead atoms. The number of aromatic nitrogens is 1. The number of benzene rings is 1. The zero-order valence-electron chi connectivity index (χ0n) is 14.2. The van der Waals surface area contributed by atoms with Gasteiger partial charge in [-0.15, -0.1) is 35.3 Å². The maximum atomic E-state index is 12.5. The molecule has 0 unspecified atom stereocenters. The number of hydrogen-bond donors (Lipinski definition) is 2. The van der Waals surface area contributed by atoms with E-state index >= 15 is 0 Å². The van der Waals surface area contributed by atoms with Crippen molar-refractivity contribution in [2.75, 3.05) is 19.3 Å². The van der Waals surface area contributed by atoms with E-state index in [-0.39, 0.29) is 58.7 Å². The lowest BCUT2D eigenvalue weighted by molar-refractivity contribution is -0.140. The third kappa shape index (κ3) is 7.25. The second-order valence-corrected chi connectivity index (χ2v) is 8.16. The number of thiazole rings is 1. The molecule has 0 aliphatic heterocycles. The molecule has 0 saturated heterocycles. The number of rotatable bonds is 6. The van der Waals surface area contributed by atoms with Crippen molar-refractivity contribution in [1.29, 1.82) is 0 Å². The number of halogens is 4. The molecule has 2 aromatic rings. The molecule has 1 aromatic carbocycles. The van der Waals surface area contributed by atoms with Gasteiger partial charge in [0.25, 0.3) is 0 Å². The third-order valence-corrected chi connectivity index (χ3v) is 5.82. The normalized spacial score (nSPS) is 12.4. The highest BCUT2D eigenvalue weighted by atomic mass is 127. The van der Waals surface area contributed by atoms with Gasteiger partial charge in [0.2, 0.25) is 0 Å². The van der Waals surface area contributed by atoms with Gasteiger partial charge in [-0.05, 0) is 12.1 Å². The van der Waals surface area contributed by atoms with Crippen LogP contribution in [0.25, 0.3) is 0 Å². The Morgan fingerprint density at radius 2 is 1.89 bits per heavy atom. The number of nitrogens with zero attached hydrogens (tertiary/aromatic N) is 2. The fourth-order valence-electron chi connectivity index (χ4n) is 1.95. The Kier molecular flexibility index (Phi) is 8.94. The minimum atomic E-state index is -4.47. The zero-order chi connectivity index (χ0) is 19.2. The fraction of sp³-hybridized carbons (Fsp3) is 0.333. The lowest BCUT2D eigenvalue weighted by Crippen LogP contribution is -2.39. The van der Waals surface area contributed by atoms with E-state index in [9.17, 15) is 21.6 Å². The van der Waals surface area contributed by atoms with Gasteiger partial charge in [-0.1, -0.05) is 18.2 Å². The minimum absolute atomic E-state index is 0. The Balaban J connectivity index is 0.00000364. The molecule has 0 spiro atoms. The molecule has 1 heterocycles. The average Bonchev–Trinajstić information content (AvgIpc) is 3.08. The summed E-state index contributed by atoms with van der Waals surface area (Å²) >= 11 is 0.882. The van der Waals surface area contributed by atoms with E-state index < -0.39 is 21.7 Å². The summed E-state index contributed by atoms with van der Waals surface area (Å²) in [6, 6.07) is 8.05. The van der Waals surface area contributed by atoms with Crippen LogP contribution in [-0.4, -0.2) is 38.7 Å². The molecule has 0 atom stereocenters. The SMILES string of the molecule is CN=C(NCCS(=O)(=O)c1ccccc1)NCc1nc(C(F)(F)F)cs1.I. The van der Waals surface area contributed by atoms with E-state index in [4.69, 9.17) is 0 Å². The summed E-state index contributed by atoms with van der Waals surface area (Å²) in [4.78, 5) is 7.63. The van der Waals surface area contributed by atoms with Crippen molar-refractivity contribution in [2.24, 2.45) is 4.99 Å². The summed E-state index contributed by atoms with van der Waals surface area (Å²) in [6.07, 6.45) is -4.47. The quantitative estimate of drug-likeness (QED) is 0.339. The van der Waals surface area contributed by atoms with Crippen LogP contribution in [0.5, 0.6) is 0 Å². The smallest absolute Gasteiger partial charge is 0.355 e. The van der Waals surface area contributed by atoms with Crippen LogP contribution >= 0.6 is 35.3 Å². The summed E-state index contributed by atoms with van der Waals surface area (Å²) in [5.74, 6) is 0.129. The Bertz CT molecular complexity index is 855. The predicted octanol–water partition coefficient (Wildman–Crippen LogP) is 2.92. The van der Waals surface area contributed by atoms with E-state index in [1.165, 1.54) is 19.2 Å². The number of guanidine groups is 1. The summed E-state index contributed by atoms with van der Waals surface area (Å²) in [7, 11) is -1.95. The topological polar surface area (TPSA) is 83.5 Å². The first-order valence-electron chi connectivity index (χ1n) is 7.46. The van der Waals surface area contributed by atoms with Gasteiger partial charge in [0.15, 0.2) is 21.5 Å². The molecule has 0 fully saturated rings. The van der Waals surface area contributed by atoms with Gasteiger partial charge in [0.1, 0.15) is 5.01 Å². The van der Waals surface area contributed by atoms with Gasteiger partial charge in [-0.25, -0.2) is 13.4 Å². The number of aliphatic imine (C=N–C) groups is 1. The summed E-state index contributed by atoms with van der Waals surface area (Å²) in [6.45, 7) is 0.147. The van der Waals surface area contributed by atoms with Gasteiger partial charge in [0.05, 0.1) is 17.2 Å². The lowest BCUT2D eigenvalue weighted by Gasteiger charge is -2.11. The van der Waals surface area contributed by atoms with Gasteiger partial charge in [-0.3, -0.25) is 4.99 Å². The molecule has 12 heteroatoms. The maximum absolute atomic E-state index is 12.5. The lowest BCUT2D eigenvalue weighted by atomic mass is 10.4. The molecule has 0 aliphatic rings. The number of sulfone groups is 1. The first-order valence-corrected chi connectivity index (χ1v) is 9.99. The molecular weight excluding hydrogens is 516 g/mol. The number of hydrogen-bond acceptors (Lipinski definition) is 5. The summed E-state index contributed by atoms with van der Waals surface area (Å²) < 4.78 is 61.9.